The maximum Gasteiger partial charge on any atom is 0.251 e. The second-order valence-corrected chi connectivity index (χ2v) is 5.97. The number of benzene rings is 2. The molecule has 0 fully saturated rings. The third kappa shape index (κ3) is 4.66. The maximum absolute atomic E-state index is 12.6. The van der Waals surface area contributed by atoms with E-state index in [0.717, 1.165) is 11.3 Å². The van der Waals surface area contributed by atoms with E-state index in [4.69, 9.17) is 14.2 Å². The van der Waals surface area contributed by atoms with Crippen LogP contribution in [0.5, 0.6) is 17.2 Å². The first kappa shape index (κ1) is 18.6. The lowest BCUT2D eigenvalue weighted by Crippen LogP contribution is -2.27. The molecule has 2 aromatic rings. The molecule has 0 spiro atoms. The zero-order chi connectivity index (χ0) is 18.4. The summed E-state index contributed by atoms with van der Waals surface area (Å²) in [5.74, 6) is 1.71. The number of rotatable bonds is 7. The highest BCUT2D eigenvalue weighted by Gasteiger charge is 2.17. The second kappa shape index (κ2) is 8.42. The average Bonchev–Trinajstić information content (AvgIpc) is 2.61. The fraction of sp³-hybridized carbons (Fsp3) is 0.350. The van der Waals surface area contributed by atoms with E-state index in [1.807, 2.05) is 45.0 Å². The molecule has 0 aliphatic heterocycles. The molecule has 0 saturated heterocycles. The molecule has 1 amide bonds. The molecule has 0 aliphatic rings. The second-order valence-electron chi connectivity index (χ2n) is 5.97. The topological polar surface area (TPSA) is 56.8 Å². The molecule has 0 aromatic heterocycles. The molecule has 0 heterocycles. The molecule has 0 bridgehead atoms. The fourth-order valence-corrected chi connectivity index (χ4v) is 2.54. The van der Waals surface area contributed by atoms with Gasteiger partial charge in [0.25, 0.3) is 5.91 Å². The predicted octanol–water partition coefficient (Wildman–Crippen LogP) is 3.98. The molecule has 134 valence electrons. The van der Waals surface area contributed by atoms with E-state index in [1.165, 1.54) is 0 Å². The first-order valence-electron chi connectivity index (χ1n) is 8.24. The monoisotopic (exact) mass is 343 g/mol. The zero-order valence-corrected chi connectivity index (χ0v) is 15.3. The van der Waals surface area contributed by atoms with Gasteiger partial charge in [0.2, 0.25) is 0 Å². The number of methoxy groups -OCH3 is 2. The summed E-state index contributed by atoms with van der Waals surface area (Å²) in [7, 11) is 3.17. The number of carbonyl (C=O) groups is 1. The van der Waals surface area contributed by atoms with E-state index in [9.17, 15) is 4.79 Å². The Labute approximate surface area is 148 Å². The molecule has 0 radical (unpaired) electrons. The van der Waals surface area contributed by atoms with E-state index < -0.39 is 0 Å². The average molecular weight is 343 g/mol. The highest BCUT2D eigenvalue weighted by Crippen LogP contribution is 2.30. The minimum absolute atomic E-state index is 0.0270. The summed E-state index contributed by atoms with van der Waals surface area (Å²) in [6.07, 6.45) is 0.0270. The fourth-order valence-electron chi connectivity index (χ4n) is 2.54. The Kier molecular flexibility index (Phi) is 6.28. The Hall–Kier alpha value is -2.69. The molecule has 25 heavy (non-hydrogen) atoms. The lowest BCUT2D eigenvalue weighted by molar-refractivity contribution is 0.0939. The van der Waals surface area contributed by atoms with E-state index in [1.54, 1.807) is 32.4 Å². The van der Waals surface area contributed by atoms with Gasteiger partial charge in [-0.25, -0.2) is 0 Å². The van der Waals surface area contributed by atoms with E-state index in [2.05, 4.69) is 5.32 Å². The van der Waals surface area contributed by atoms with Crippen LogP contribution in [0.15, 0.2) is 42.5 Å². The van der Waals surface area contributed by atoms with Gasteiger partial charge in [-0.15, -0.1) is 0 Å². The van der Waals surface area contributed by atoms with Crippen LogP contribution in [0.4, 0.5) is 0 Å². The summed E-state index contributed by atoms with van der Waals surface area (Å²) in [5.41, 5.74) is 1.43. The van der Waals surface area contributed by atoms with Crippen molar-refractivity contribution in [2.75, 3.05) is 14.2 Å². The number of hydrogen-bond acceptors (Lipinski definition) is 4. The smallest absolute Gasteiger partial charge is 0.251 e. The maximum atomic E-state index is 12.6. The Morgan fingerprint density at radius 3 is 2.24 bits per heavy atom. The number of hydrogen-bond donors (Lipinski definition) is 1. The van der Waals surface area contributed by atoms with Crippen molar-refractivity contribution in [3.8, 4) is 17.2 Å². The summed E-state index contributed by atoms with van der Waals surface area (Å²) in [4.78, 5) is 12.6. The van der Waals surface area contributed by atoms with Gasteiger partial charge < -0.3 is 19.5 Å². The van der Waals surface area contributed by atoms with Crippen molar-refractivity contribution in [1.29, 1.82) is 0 Å². The Morgan fingerprint density at radius 2 is 1.60 bits per heavy atom. The molecule has 2 aromatic carbocycles. The minimum atomic E-state index is -0.193. The molecule has 5 heteroatoms. The Bertz CT molecular complexity index is 727. The van der Waals surface area contributed by atoms with Crippen LogP contribution in [0, 0.1) is 0 Å². The van der Waals surface area contributed by atoms with Gasteiger partial charge in [-0.05, 0) is 45.0 Å². The van der Waals surface area contributed by atoms with Gasteiger partial charge >= 0.3 is 0 Å². The van der Waals surface area contributed by atoms with Crippen molar-refractivity contribution in [2.45, 2.75) is 32.9 Å². The van der Waals surface area contributed by atoms with Gasteiger partial charge in [-0.3, -0.25) is 4.79 Å². The summed E-state index contributed by atoms with van der Waals surface area (Å²) in [6, 6.07) is 12.6. The minimum Gasteiger partial charge on any atom is -0.496 e. The summed E-state index contributed by atoms with van der Waals surface area (Å²) in [5, 5.41) is 2.98. The van der Waals surface area contributed by atoms with Crippen molar-refractivity contribution < 1.29 is 19.0 Å². The zero-order valence-electron chi connectivity index (χ0n) is 15.3. The highest BCUT2D eigenvalue weighted by atomic mass is 16.5. The van der Waals surface area contributed by atoms with Crippen molar-refractivity contribution in [3.05, 3.63) is 53.6 Å². The first-order chi connectivity index (χ1) is 12.0. The molecule has 0 aliphatic carbocycles. The summed E-state index contributed by atoms with van der Waals surface area (Å²) in [6.45, 7) is 5.80. The standard InChI is InChI=1S/C20H25NO4/c1-13(2)25-18-11-10-15(12-19(18)24-5)20(22)21-14(3)16-8-6-7-9-17(16)23-4/h6-14H,1-5H3,(H,21,22). The summed E-state index contributed by atoms with van der Waals surface area (Å²) >= 11 is 0. The van der Waals surface area contributed by atoms with E-state index in [0.29, 0.717) is 17.1 Å². The molecular weight excluding hydrogens is 318 g/mol. The number of amides is 1. The lowest BCUT2D eigenvalue weighted by atomic mass is 10.1. The van der Waals surface area contributed by atoms with Crippen molar-refractivity contribution >= 4 is 5.91 Å². The summed E-state index contributed by atoms with van der Waals surface area (Å²) < 4.78 is 16.4. The van der Waals surface area contributed by atoms with Crippen LogP contribution in [0.2, 0.25) is 0 Å². The Morgan fingerprint density at radius 1 is 0.920 bits per heavy atom. The number of ether oxygens (including phenoxy) is 3. The quantitative estimate of drug-likeness (QED) is 0.826. The van der Waals surface area contributed by atoms with Gasteiger partial charge in [0.1, 0.15) is 5.75 Å². The van der Waals surface area contributed by atoms with Crippen LogP contribution in [-0.4, -0.2) is 26.2 Å². The number of nitrogens with one attached hydrogen (secondary N) is 1. The first-order valence-corrected chi connectivity index (χ1v) is 8.24. The molecular formula is C20H25NO4. The molecule has 1 atom stereocenters. The van der Waals surface area contributed by atoms with Crippen LogP contribution in [0.3, 0.4) is 0 Å². The normalized spacial score (nSPS) is 11.8. The third-order valence-corrected chi connectivity index (χ3v) is 3.74. The molecule has 0 saturated carbocycles. The largest absolute Gasteiger partial charge is 0.496 e. The van der Waals surface area contributed by atoms with Crippen LogP contribution < -0.4 is 19.5 Å². The lowest BCUT2D eigenvalue weighted by Gasteiger charge is -2.18. The van der Waals surface area contributed by atoms with Crippen LogP contribution in [-0.2, 0) is 0 Å². The van der Waals surface area contributed by atoms with Crippen molar-refractivity contribution in [1.82, 2.24) is 5.32 Å². The predicted molar refractivity (Wildman–Crippen MR) is 97.6 cm³/mol. The molecule has 2 rings (SSSR count). The highest BCUT2D eigenvalue weighted by molar-refractivity contribution is 5.95. The van der Waals surface area contributed by atoms with Crippen LogP contribution in [0.1, 0.15) is 42.7 Å². The van der Waals surface area contributed by atoms with E-state index in [-0.39, 0.29) is 18.1 Å². The molecule has 1 unspecified atom stereocenters. The van der Waals surface area contributed by atoms with Crippen molar-refractivity contribution in [2.24, 2.45) is 0 Å². The van der Waals surface area contributed by atoms with Crippen molar-refractivity contribution in [3.63, 3.8) is 0 Å². The van der Waals surface area contributed by atoms with Gasteiger partial charge in [0.05, 0.1) is 26.4 Å². The Balaban J connectivity index is 2.17. The van der Waals surface area contributed by atoms with Gasteiger partial charge in [-0.1, -0.05) is 18.2 Å². The molecule has 5 nitrogen and oxygen atoms in total. The van der Waals surface area contributed by atoms with Crippen LogP contribution in [0.25, 0.3) is 0 Å². The van der Waals surface area contributed by atoms with Gasteiger partial charge in [-0.2, -0.15) is 0 Å². The molecule has 1 N–H and O–H groups in total. The third-order valence-electron chi connectivity index (χ3n) is 3.74. The number of para-hydroxylation sites is 1. The number of carbonyl (C=O) groups excluding carboxylic acids is 1. The van der Waals surface area contributed by atoms with Gasteiger partial charge in [0, 0.05) is 11.1 Å². The van der Waals surface area contributed by atoms with Crippen LogP contribution >= 0.6 is 0 Å². The SMILES string of the molecule is COc1cc(C(=O)NC(C)c2ccccc2OC)ccc1OC(C)C. The van der Waals surface area contributed by atoms with Gasteiger partial charge in [0.15, 0.2) is 11.5 Å². The van der Waals surface area contributed by atoms with E-state index >= 15 is 0 Å².